The Labute approximate surface area is 182 Å². The minimum Gasteiger partial charge on any atom is -0.384 e. The molecule has 0 saturated carbocycles. The molecule has 166 valence electrons. The van der Waals surface area contributed by atoms with Crippen molar-refractivity contribution in [1.82, 2.24) is 20.0 Å². The average molecular weight is 441 g/mol. The lowest BCUT2D eigenvalue weighted by molar-refractivity contribution is -0.147. The summed E-state index contributed by atoms with van der Waals surface area (Å²) in [4.78, 5) is 31.7. The van der Waals surface area contributed by atoms with Gasteiger partial charge in [-0.1, -0.05) is 0 Å². The molecular formula is C19H38Cl2N4O3. The van der Waals surface area contributed by atoms with Crippen molar-refractivity contribution in [2.24, 2.45) is 5.41 Å². The van der Waals surface area contributed by atoms with Gasteiger partial charge in [0.2, 0.25) is 11.8 Å². The van der Waals surface area contributed by atoms with Crippen LogP contribution in [0.25, 0.3) is 0 Å². The zero-order valence-electron chi connectivity index (χ0n) is 17.6. The lowest BCUT2D eigenvalue weighted by Gasteiger charge is -2.39. The Balaban J connectivity index is 0.00000364. The quantitative estimate of drug-likeness (QED) is 0.644. The molecule has 0 aromatic rings. The fourth-order valence-electron chi connectivity index (χ4n) is 4.14. The first-order valence-corrected chi connectivity index (χ1v) is 10.1. The maximum absolute atomic E-state index is 13.3. The van der Waals surface area contributed by atoms with Crippen LogP contribution in [0.3, 0.4) is 0 Å². The highest BCUT2D eigenvalue weighted by Crippen LogP contribution is 2.32. The standard InChI is InChI=1S/C19H36N4O3.2ClH/c1-4-22(5-2)17(24)15-21-11-6-12-23(14-13-21)18(25)19(16-26-3)7-9-20-10-8-19;;/h20H,4-16H2,1-3H3;2*1H. The molecule has 2 aliphatic rings. The first-order chi connectivity index (χ1) is 12.6. The van der Waals surface area contributed by atoms with Crippen molar-refractivity contribution in [3.63, 3.8) is 0 Å². The first-order valence-electron chi connectivity index (χ1n) is 10.1. The van der Waals surface area contributed by atoms with E-state index in [-0.39, 0.29) is 42.0 Å². The van der Waals surface area contributed by atoms with E-state index >= 15 is 0 Å². The predicted octanol–water partition coefficient (Wildman–Crippen LogP) is 1.25. The van der Waals surface area contributed by atoms with Crippen LogP contribution in [0.2, 0.25) is 0 Å². The average Bonchev–Trinajstić information content (AvgIpc) is 2.88. The zero-order valence-corrected chi connectivity index (χ0v) is 19.2. The van der Waals surface area contributed by atoms with E-state index in [9.17, 15) is 9.59 Å². The van der Waals surface area contributed by atoms with E-state index < -0.39 is 0 Å². The number of ether oxygens (including phenoxy) is 1. The van der Waals surface area contributed by atoms with Gasteiger partial charge in [0.05, 0.1) is 18.6 Å². The number of halogens is 2. The minimum atomic E-state index is -0.383. The van der Waals surface area contributed by atoms with Crippen LogP contribution in [-0.4, -0.2) is 99.1 Å². The van der Waals surface area contributed by atoms with Crippen LogP contribution < -0.4 is 5.32 Å². The largest absolute Gasteiger partial charge is 0.384 e. The zero-order chi connectivity index (χ0) is 19.0. The topological polar surface area (TPSA) is 65.1 Å². The second kappa shape index (κ2) is 13.6. The second-order valence-corrected chi connectivity index (χ2v) is 7.45. The molecule has 0 unspecified atom stereocenters. The van der Waals surface area contributed by atoms with Gasteiger partial charge in [0.25, 0.3) is 0 Å². The summed E-state index contributed by atoms with van der Waals surface area (Å²) in [5.74, 6) is 0.418. The number of amides is 2. The molecule has 0 aromatic carbocycles. The summed E-state index contributed by atoms with van der Waals surface area (Å²) in [6.07, 6.45) is 2.58. The Hall–Kier alpha value is -0.600. The van der Waals surface area contributed by atoms with Crippen LogP contribution in [0.15, 0.2) is 0 Å². The van der Waals surface area contributed by atoms with E-state index in [1.165, 1.54) is 0 Å². The number of likely N-dealkylation sites (N-methyl/N-ethyl adjacent to an activating group) is 1. The molecule has 0 atom stereocenters. The van der Waals surface area contributed by atoms with E-state index in [0.29, 0.717) is 19.7 Å². The lowest BCUT2D eigenvalue weighted by Crippen LogP contribution is -2.52. The molecule has 1 N–H and O–H groups in total. The Morgan fingerprint density at radius 3 is 2.25 bits per heavy atom. The van der Waals surface area contributed by atoms with Crippen LogP contribution >= 0.6 is 24.8 Å². The third kappa shape index (κ3) is 7.02. The number of nitrogens with zero attached hydrogens (tertiary/aromatic N) is 3. The SMILES string of the molecule is CCN(CC)C(=O)CN1CCCN(C(=O)C2(COC)CCNCC2)CC1.Cl.Cl. The summed E-state index contributed by atoms with van der Waals surface area (Å²) in [6.45, 7) is 11.3. The van der Waals surface area contributed by atoms with Crippen LogP contribution in [0, 0.1) is 5.41 Å². The number of carbonyl (C=O) groups excluding carboxylic acids is 2. The van der Waals surface area contributed by atoms with Gasteiger partial charge in [-0.15, -0.1) is 24.8 Å². The highest BCUT2D eigenvalue weighted by Gasteiger charge is 2.42. The second-order valence-electron chi connectivity index (χ2n) is 7.45. The van der Waals surface area contributed by atoms with Crippen LogP contribution in [0.5, 0.6) is 0 Å². The summed E-state index contributed by atoms with van der Waals surface area (Å²) in [7, 11) is 1.68. The number of piperidine rings is 1. The molecule has 0 radical (unpaired) electrons. The molecule has 0 bridgehead atoms. The third-order valence-corrected chi connectivity index (χ3v) is 5.79. The lowest BCUT2D eigenvalue weighted by atomic mass is 9.78. The molecule has 2 aliphatic heterocycles. The number of carbonyl (C=O) groups is 2. The van der Waals surface area contributed by atoms with Gasteiger partial charge in [-0.25, -0.2) is 0 Å². The van der Waals surface area contributed by atoms with Crippen molar-refractivity contribution in [1.29, 1.82) is 0 Å². The highest BCUT2D eigenvalue weighted by atomic mass is 35.5. The van der Waals surface area contributed by atoms with E-state index in [4.69, 9.17) is 4.74 Å². The van der Waals surface area contributed by atoms with Gasteiger partial charge < -0.3 is 19.9 Å². The summed E-state index contributed by atoms with van der Waals surface area (Å²) in [5, 5.41) is 3.34. The van der Waals surface area contributed by atoms with Gasteiger partial charge in [0.1, 0.15) is 0 Å². The van der Waals surface area contributed by atoms with Crippen molar-refractivity contribution in [3.8, 4) is 0 Å². The third-order valence-electron chi connectivity index (χ3n) is 5.79. The Bertz CT molecular complexity index is 467. The van der Waals surface area contributed by atoms with Crippen LogP contribution in [-0.2, 0) is 14.3 Å². The van der Waals surface area contributed by atoms with Gasteiger partial charge in [0, 0.05) is 46.4 Å². The molecule has 7 nitrogen and oxygen atoms in total. The van der Waals surface area contributed by atoms with Gasteiger partial charge in [-0.2, -0.15) is 0 Å². The number of hydrogen-bond acceptors (Lipinski definition) is 5. The molecule has 2 heterocycles. The van der Waals surface area contributed by atoms with Crippen molar-refractivity contribution in [2.45, 2.75) is 33.1 Å². The van der Waals surface area contributed by atoms with Gasteiger partial charge >= 0.3 is 0 Å². The highest BCUT2D eigenvalue weighted by molar-refractivity contribution is 5.85. The van der Waals surface area contributed by atoms with Crippen molar-refractivity contribution >= 4 is 36.6 Å². The number of hydrogen-bond donors (Lipinski definition) is 1. The number of rotatable bonds is 7. The monoisotopic (exact) mass is 440 g/mol. The normalized spacial score (nSPS) is 19.8. The van der Waals surface area contributed by atoms with Crippen molar-refractivity contribution < 1.29 is 14.3 Å². The summed E-state index contributed by atoms with van der Waals surface area (Å²) in [5.41, 5.74) is -0.383. The van der Waals surface area contributed by atoms with E-state index in [2.05, 4.69) is 10.2 Å². The molecule has 0 spiro atoms. The summed E-state index contributed by atoms with van der Waals surface area (Å²) < 4.78 is 5.42. The number of nitrogens with one attached hydrogen (secondary N) is 1. The molecule has 2 fully saturated rings. The molecule has 0 aliphatic carbocycles. The Morgan fingerprint density at radius 2 is 1.68 bits per heavy atom. The molecule has 2 saturated heterocycles. The molecule has 9 heteroatoms. The fourth-order valence-corrected chi connectivity index (χ4v) is 4.14. The van der Waals surface area contributed by atoms with Gasteiger partial charge in [-0.3, -0.25) is 14.5 Å². The first kappa shape index (κ1) is 27.4. The molecule has 2 amide bonds. The molecule has 2 rings (SSSR count). The summed E-state index contributed by atoms with van der Waals surface area (Å²) in [6, 6.07) is 0. The van der Waals surface area contributed by atoms with Gasteiger partial charge in [0.15, 0.2) is 0 Å². The van der Waals surface area contributed by atoms with E-state index in [1.807, 2.05) is 23.6 Å². The maximum Gasteiger partial charge on any atom is 0.236 e. The molecule has 0 aromatic heterocycles. The smallest absolute Gasteiger partial charge is 0.236 e. The van der Waals surface area contributed by atoms with E-state index in [1.54, 1.807) is 7.11 Å². The van der Waals surface area contributed by atoms with E-state index in [0.717, 1.165) is 65.1 Å². The Kier molecular flexibility index (Phi) is 13.3. The fraction of sp³-hybridized carbons (Fsp3) is 0.895. The van der Waals surface area contributed by atoms with Crippen LogP contribution in [0.1, 0.15) is 33.1 Å². The van der Waals surface area contributed by atoms with Crippen molar-refractivity contribution in [2.75, 3.05) is 72.6 Å². The maximum atomic E-state index is 13.3. The minimum absolute atomic E-state index is 0. The summed E-state index contributed by atoms with van der Waals surface area (Å²) >= 11 is 0. The molecule has 28 heavy (non-hydrogen) atoms. The Morgan fingerprint density at radius 1 is 1.04 bits per heavy atom. The molecular weight excluding hydrogens is 403 g/mol. The van der Waals surface area contributed by atoms with Crippen LogP contribution in [0.4, 0.5) is 0 Å². The number of methoxy groups -OCH3 is 1. The predicted molar refractivity (Wildman–Crippen MR) is 116 cm³/mol. The van der Waals surface area contributed by atoms with Crippen molar-refractivity contribution in [3.05, 3.63) is 0 Å². The van der Waals surface area contributed by atoms with Gasteiger partial charge in [-0.05, 0) is 46.2 Å².